The Morgan fingerprint density at radius 1 is 0.846 bits per heavy atom. The van der Waals surface area contributed by atoms with Gasteiger partial charge in [0.1, 0.15) is 29.6 Å². The third-order valence-electron chi connectivity index (χ3n) is 3.72. The quantitative estimate of drug-likeness (QED) is 0.479. The number of ether oxygens (including phenoxy) is 3. The largest absolute Gasteiger partial charge is 0.486 e. The maximum absolute atomic E-state index is 6.58. The molecule has 0 radical (unpaired) electrons. The summed E-state index contributed by atoms with van der Waals surface area (Å²) < 4.78 is 17.4. The first-order valence-corrected chi connectivity index (χ1v) is 8.78. The fourth-order valence-electron chi connectivity index (χ4n) is 2.24. The molecule has 0 saturated carbocycles. The zero-order valence-corrected chi connectivity index (χ0v) is 15.2. The van der Waals surface area contributed by atoms with Crippen LogP contribution in [0.1, 0.15) is 13.3 Å². The van der Waals surface area contributed by atoms with Crippen LogP contribution in [0.5, 0.6) is 23.0 Å². The van der Waals surface area contributed by atoms with E-state index in [9.17, 15) is 0 Å². The highest BCUT2D eigenvalue weighted by molar-refractivity contribution is 6.23. The molecule has 0 saturated heterocycles. The zero-order valence-electron chi connectivity index (χ0n) is 14.5. The number of benzene rings is 2. The lowest BCUT2D eigenvalue weighted by atomic mass is 10.2. The van der Waals surface area contributed by atoms with E-state index >= 15 is 0 Å². The summed E-state index contributed by atoms with van der Waals surface area (Å²) in [5.41, 5.74) is 0. The SMILES string of the molecule is CCC(Cl)(COc1cccnc1)Oc1ccc(Oc2ccccc2)cc1. The van der Waals surface area contributed by atoms with Gasteiger partial charge in [0.25, 0.3) is 0 Å². The van der Waals surface area contributed by atoms with Crippen LogP contribution in [0.25, 0.3) is 0 Å². The lowest BCUT2D eigenvalue weighted by molar-refractivity contribution is 0.0880. The van der Waals surface area contributed by atoms with Gasteiger partial charge in [-0.2, -0.15) is 0 Å². The molecule has 1 aromatic heterocycles. The van der Waals surface area contributed by atoms with Crippen molar-refractivity contribution in [3.63, 3.8) is 0 Å². The molecule has 1 atom stereocenters. The molecule has 0 aliphatic heterocycles. The van der Waals surface area contributed by atoms with Gasteiger partial charge >= 0.3 is 0 Å². The van der Waals surface area contributed by atoms with E-state index in [1.165, 1.54) is 0 Å². The summed E-state index contributed by atoms with van der Waals surface area (Å²) >= 11 is 6.58. The molecule has 0 fully saturated rings. The Balaban J connectivity index is 1.60. The normalized spacial score (nSPS) is 12.8. The maximum Gasteiger partial charge on any atom is 0.215 e. The minimum absolute atomic E-state index is 0.207. The molecule has 134 valence electrons. The molecule has 0 aliphatic carbocycles. The molecule has 1 heterocycles. The van der Waals surface area contributed by atoms with Crippen LogP contribution < -0.4 is 14.2 Å². The van der Waals surface area contributed by atoms with Crippen molar-refractivity contribution in [1.29, 1.82) is 0 Å². The van der Waals surface area contributed by atoms with Gasteiger partial charge in [-0.3, -0.25) is 4.98 Å². The van der Waals surface area contributed by atoms with Gasteiger partial charge in [0, 0.05) is 12.6 Å². The van der Waals surface area contributed by atoms with Gasteiger partial charge in [-0.05, 0) is 48.5 Å². The van der Waals surface area contributed by atoms with Gasteiger partial charge in [0.05, 0.1) is 6.20 Å². The van der Waals surface area contributed by atoms with Gasteiger partial charge in [-0.1, -0.05) is 36.7 Å². The summed E-state index contributed by atoms with van der Waals surface area (Å²) in [4.78, 5) is 4.02. The Kier molecular flexibility index (Phi) is 5.97. The Bertz CT molecular complexity index is 797. The van der Waals surface area contributed by atoms with Gasteiger partial charge < -0.3 is 14.2 Å². The monoisotopic (exact) mass is 369 g/mol. The smallest absolute Gasteiger partial charge is 0.215 e. The highest BCUT2D eigenvalue weighted by atomic mass is 35.5. The van der Waals surface area contributed by atoms with Crippen LogP contribution in [-0.4, -0.2) is 16.7 Å². The predicted octanol–water partition coefficient (Wildman–Crippen LogP) is 5.68. The number of nitrogens with zero attached hydrogens (tertiary/aromatic N) is 1. The molecule has 0 bridgehead atoms. The molecule has 0 amide bonds. The first-order valence-electron chi connectivity index (χ1n) is 8.40. The number of hydrogen-bond acceptors (Lipinski definition) is 4. The summed E-state index contributed by atoms with van der Waals surface area (Å²) in [6.45, 7) is 2.16. The number of halogens is 1. The van der Waals surface area contributed by atoms with Crippen LogP contribution in [0.3, 0.4) is 0 Å². The van der Waals surface area contributed by atoms with Gasteiger partial charge in [-0.25, -0.2) is 0 Å². The number of para-hydroxylation sites is 1. The highest BCUT2D eigenvalue weighted by Gasteiger charge is 2.28. The van der Waals surface area contributed by atoms with Crippen molar-refractivity contribution in [2.24, 2.45) is 0 Å². The second kappa shape index (κ2) is 8.59. The van der Waals surface area contributed by atoms with E-state index in [0.29, 0.717) is 17.9 Å². The molecule has 1 unspecified atom stereocenters. The molecular formula is C21H20ClNO3. The van der Waals surface area contributed by atoms with E-state index in [4.69, 9.17) is 25.8 Å². The number of pyridine rings is 1. The third kappa shape index (κ3) is 5.14. The molecule has 0 N–H and O–H groups in total. The van der Waals surface area contributed by atoms with Crippen LogP contribution in [0.15, 0.2) is 79.1 Å². The van der Waals surface area contributed by atoms with Gasteiger partial charge in [-0.15, -0.1) is 0 Å². The summed E-state index contributed by atoms with van der Waals surface area (Å²) in [7, 11) is 0. The molecule has 2 aromatic carbocycles. The van der Waals surface area contributed by atoms with Crippen molar-refractivity contribution in [3.8, 4) is 23.0 Å². The fourth-order valence-corrected chi connectivity index (χ4v) is 2.38. The molecule has 0 spiro atoms. The lowest BCUT2D eigenvalue weighted by Crippen LogP contribution is -2.35. The second-order valence-electron chi connectivity index (χ2n) is 5.70. The Morgan fingerprint density at radius 3 is 2.15 bits per heavy atom. The molecule has 26 heavy (non-hydrogen) atoms. The molecule has 3 rings (SSSR count). The molecule has 3 aromatic rings. The first kappa shape index (κ1) is 18.1. The van der Waals surface area contributed by atoms with Crippen molar-refractivity contribution in [2.75, 3.05) is 6.61 Å². The van der Waals surface area contributed by atoms with Crippen LogP contribution >= 0.6 is 11.6 Å². The van der Waals surface area contributed by atoms with E-state index < -0.39 is 5.06 Å². The summed E-state index contributed by atoms with van der Waals surface area (Å²) in [6, 6.07) is 20.6. The van der Waals surface area contributed by atoms with E-state index in [1.807, 2.05) is 73.7 Å². The molecule has 4 nitrogen and oxygen atoms in total. The van der Waals surface area contributed by atoms with Crippen LogP contribution in [0, 0.1) is 0 Å². The molecule has 0 aliphatic rings. The second-order valence-corrected chi connectivity index (χ2v) is 6.39. The molecule has 5 heteroatoms. The van der Waals surface area contributed by atoms with Crippen LogP contribution in [0.2, 0.25) is 0 Å². The minimum atomic E-state index is -0.961. The predicted molar refractivity (Wildman–Crippen MR) is 102 cm³/mol. The van der Waals surface area contributed by atoms with Gasteiger partial charge in [0.2, 0.25) is 5.06 Å². The Morgan fingerprint density at radius 2 is 1.50 bits per heavy atom. The minimum Gasteiger partial charge on any atom is -0.486 e. The van der Waals surface area contributed by atoms with Crippen molar-refractivity contribution in [2.45, 2.75) is 18.4 Å². The summed E-state index contributed by atoms with van der Waals surface area (Å²) in [5, 5.41) is -0.961. The van der Waals surface area contributed by atoms with Crippen LogP contribution in [-0.2, 0) is 0 Å². The first-order chi connectivity index (χ1) is 12.7. The topological polar surface area (TPSA) is 40.6 Å². The Labute approximate surface area is 158 Å². The maximum atomic E-state index is 6.58. The standard InChI is InChI=1S/C21H20ClNO3/c1-2-21(22,16-24-20-9-6-14-23-15-20)26-19-12-10-18(11-13-19)25-17-7-4-3-5-8-17/h3-15H,2,16H2,1H3. The van der Waals surface area contributed by atoms with E-state index in [2.05, 4.69) is 4.98 Å². The van der Waals surface area contributed by atoms with Crippen molar-refractivity contribution < 1.29 is 14.2 Å². The number of alkyl halides is 1. The molecular weight excluding hydrogens is 350 g/mol. The van der Waals surface area contributed by atoms with E-state index in [-0.39, 0.29) is 6.61 Å². The van der Waals surface area contributed by atoms with Crippen molar-refractivity contribution in [1.82, 2.24) is 4.98 Å². The lowest BCUT2D eigenvalue weighted by Gasteiger charge is -2.27. The third-order valence-corrected chi connectivity index (χ3v) is 4.17. The summed E-state index contributed by atoms with van der Waals surface area (Å²) in [5.74, 6) is 2.82. The van der Waals surface area contributed by atoms with Gasteiger partial charge in [0.15, 0.2) is 0 Å². The van der Waals surface area contributed by atoms with Crippen LogP contribution in [0.4, 0.5) is 0 Å². The average Bonchev–Trinajstić information content (AvgIpc) is 2.70. The summed E-state index contributed by atoms with van der Waals surface area (Å²) in [6.07, 6.45) is 3.91. The zero-order chi connectivity index (χ0) is 18.2. The number of hydrogen-bond donors (Lipinski definition) is 0. The van der Waals surface area contributed by atoms with Crippen molar-refractivity contribution in [3.05, 3.63) is 79.1 Å². The highest BCUT2D eigenvalue weighted by Crippen LogP contribution is 2.29. The van der Waals surface area contributed by atoms with Crippen molar-refractivity contribution >= 4 is 11.6 Å². The number of aromatic nitrogens is 1. The average molecular weight is 370 g/mol. The number of rotatable bonds is 8. The van der Waals surface area contributed by atoms with E-state index in [0.717, 1.165) is 11.5 Å². The Hall–Kier alpha value is -2.72. The van der Waals surface area contributed by atoms with E-state index in [1.54, 1.807) is 12.4 Å². The fraction of sp³-hybridized carbons (Fsp3) is 0.190.